The summed E-state index contributed by atoms with van der Waals surface area (Å²) in [4.78, 5) is 13.4. The third-order valence-electron chi connectivity index (χ3n) is 2.76. The predicted molar refractivity (Wildman–Crippen MR) is 61.5 cm³/mol. The van der Waals surface area contributed by atoms with Gasteiger partial charge >= 0.3 is 0 Å². The average molecular weight is 213 g/mol. The van der Waals surface area contributed by atoms with E-state index in [2.05, 4.69) is 24.2 Å². The standard InChI is InChI=1S/C11H23N3O/c1-3-7-14(2)8-6-10(11(12)15)13-9-4-5-9/h9-10,13H,3-8H2,1-2H3,(H2,12,15). The topological polar surface area (TPSA) is 58.4 Å². The predicted octanol–water partition coefficient (Wildman–Crippen LogP) is 0.324. The average Bonchev–Trinajstić information content (AvgIpc) is 2.95. The highest BCUT2D eigenvalue weighted by Gasteiger charge is 2.26. The highest BCUT2D eigenvalue weighted by atomic mass is 16.1. The molecule has 0 saturated heterocycles. The number of primary amides is 1. The molecule has 0 spiro atoms. The maximum Gasteiger partial charge on any atom is 0.234 e. The zero-order valence-electron chi connectivity index (χ0n) is 9.83. The Morgan fingerprint density at radius 2 is 2.20 bits per heavy atom. The summed E-state index contributed by atoms with van der Waals surface area (Å²) >= 11 is 0. The lowest BCUT2D eigenvalue weighted by Gasteiger charge is -2.20. The molecule has 0 aromatic rings. The Morgan fingerprint density at radius 1 is 1.53 bits per heavy atom. The van der Waals surface area contributed by atoms with Crippen LogP contribution in [0.5, 0.6) is 0 Å². The molecular weight excluding hydrogens is 190 g/mol. The van der Waals surface area contributed by atoms with Crippen LogP contribution < -0.4 is 11.1 Å². The van der Waals surface area contributed by atoms with Crippen LogP contribution in [-0.2, 0) is 4.79 Å². The third kappa shape index (κ3) is 5.14. The summed E-state index contributed by atoms with van der Waals surface area (Å²) in [7, 11) is 2.08. The van der Waals surface area contributed by atoms with Gasteiger partial charge in [0.25, 0.3) is 0 Å². The van der Waals surface area contributed by atoms with Crippen LogP contribution in [0.15, 0.2) is 0 Å². The molecule has 1 amide bonds. The van der Waals surface area contributed by atoms with Crippen LogP contribution in [0.3, 0.4) is 0 Å². The lowest BCUT2D eigenvalue weighted by molar-refractivity contribution is -0.120. The van der Waals surface area contributed by atoms with Gasteiger partial charge in [0.15, 0.2) is 0 Å². The molecule has 1 fully saturated rings. The minimum Gasteiger partial charge on any atom is -0.368 e. The van der Waals surface area contributed by atoms with Crippen molar-refractivity contribution < 1.29 is 4.79 Å². The Balaban J connectivity index is 2.21. The molecule has 1 atom stereocenters. The first kappa shape index (κ1) is 12.5. The van der Waals surface area contributed by atoms with Crippen LogP contribution in [0, 0.1) is 0 Å². The smallest absolute Gasteiger partial charge is 0.234 e. The monoisotopic (exact) mass is 213 g/mol. The fourth-order valence-corrected chi connectivity index (χ4v) is 1.69. The second kappa shape index (κ2) is 6.08. The normalized spacial score (nSPS) is 18.1. The molecular formula is C11H23N3O. The van der Waals surface area contributed by atoms with Gasteiger partial charge in [0.1, 0.15) is 0 Å². The number of nitrogens with two attached hydrogens (primary N) is 1. The highest BCUT2D eigenvalue weighted by molar-refractivity contribution is 5.79. The Bertz CT molecular complexity index is 204. The van der Waals surface area contributed by atoms with Gasteiger partial charge < -0.3 is 16.0 Å². The zero-order valence-corrected chi connectivity index (χ0v) is 9.83. The summed E-state index contributed by atoms with van der Waals surface area (Å²) in [6.07, 6.45) is 4.35. The summed E-state index contributed by atoms with van der Waals surface area (Å²) < 4.78 is 0. The van der Waals surface area contributed by atoms with Crippen LogP contribution in [0.4, 0.5) is 0 Å². The van der Waals surface area contributed by atoms with Gasteiger partial charge in [-0.1, -0.05) is 6.92 Å². The van der Waals surface area contributed by atoms with Crippen molar-refractivity contribution in [2.75, 3.05) is 20.1 Å². The molecule has 1 rings (SSSR count). The first-order chi connectivity index (χ1) is 7.13. The number of amides is 1. The quantitative estimate of drug-likeness (QED) is 0.610. The molecule has 1 saturated carbocycles. The van der Waals surface area contributed by atoms with E-state index < -0.39 is 0 Å². The van der Waals surface area contributed by atoms with E-state index in [1.54, 1.807) is 0 Å². The van der Waals surface area contributed by atoms with Gasteiger partial charge in [-0.2, -0.15) is 0 Å². The highest BCUT2D eigenvalue weighted by Crippen LogP contribution is 2.19. The molecule has 4 heteroatoms. The van der Waals surface area contributed by atoms with E-state index in [1.165, 1.54) is 12.8 Å². The number of hydrogen-bond acceptors (Lipinski definition) is 3. The fourth-order valence-electron chi connectivity index (χ4n) is 1.69. The second-order valence-electron chi connectivity index (χ2n) is 4.49. The Labute approximate surface area is 92.2 Å². The van der Waals surface area contributed by atoms with E-state index in [0.717, 1.165) is 25.9 Å². The van der Waals surface area contributed by atoms with Gasteiger partial charge in [-0.25, -0.2) is 0 Å². The number of nitrogens with one attached hydrogen (secondary N) is 1. The summed E-state index contributed by atoms with van der Waals surface area (Å²) in [6.45, 7) is 4.17. The molecule has 4 nitrogen and oxygen atoms in total. The van der Waals surface area contributed by atoms with E-state index in [0.29, 0.717) is 6.04 Å². The molecule has 0 aliphatic heterocycles. The van der Waals surface area contributed by atoms with Crippen molar-refractivity contribution in [1.82, 2.24) is 10.2 Å². The van der Waals surface area contributed by atoms with E-state index in [1.807, 2.05) is 0 Å². The largest absolute Gasteiger partial charge is 0.368 e. The summed E-state index contributed by atoms with van der Waals surface area (Å²) in [5, 5.41) is 3.29. The van der Waals surface area contributed by atoms with Crippen molar-refractivity contribution >= 4 is 5.91 Å². The van der Waals surface area contributed by atoms with Gasteiger partial charge in [0, 0.05) is 6.04 Å². The van der Waals surface area contributed by atoms with E-state index in [9.17, 15) is 4.79 Å². The molecule has 0 aromatic heterocycles. The second-order valence-corrected chi connectivity index (χ2v) is 4.49. The molecule has 0 aromatic carbocycles. The Morgan fingerprint density at radius 3 is 2.67 bits per heavy atom. The molecule has 88 valence electrons. The van der Waals surface area contributed by atoms with Gasteiger partial charge in [-0.3, -0.25) is 4.79 Å². The van der Waals surface area contributed by atoms with Gasteiger partial charge in [-0.15, -0.1) is 0 Å². The molecule has 1 aliphatic rings. The first-order valence-corrected chi connectivity index (χ1v) is 5.87. The summed E-state index contributed by atoms with van der Waals surface area (Å²) in [6, 6.07) is 0.399. The minimum absolute atomic E-state index is 0.142. The zero-order chi connectivity index (χ0) is 11.3. The summed E-state index contributed by atoms with van der Waals surface area (Å²) in [5.41, 5.74) is 5.35. The SMILES string of the molecule is CCCN(C)CCC(NC1CC1)C(N)=O. The number of carbonyl (C=O) groups excluding carboxylic acids is 1. The summed E-state index contributed by atoms with van der Waals surface area (Å²) in [5.74, 6) is -0.216. The van der Waals surface area contributed by atoms with Crippen molar-refractivity contribution in [2.24, 2.45) is 5.73 Å². The number of nitrogens with zero attached hydrogens (tertiary/aromatic N) is 1. The van der Waals surface area contributed by atoms with Crippen LogP contribution >= 0.6 is 0 Å². The first-order valence-electron chi connectivity index (χ1n) is 5.87. The van der Waals surface area contributed by atoms with Crippen molar-refractivity contribution in [2.45, 2.75) is 44.7 Å². The maximum absolute atomic E-state index is 11.2. The lowest BCUT2D eigenvalue weighted by atomic mass is 10.2. The Kier molecular flexibility index (Phi) is 5.05. The molecule has 0 bridgehead atoms. The van der Waals surface area contributed by atoms with Crippen LogP contribution in [0.25, 0.3) is 0 Å². The van der Waals surface area contributed by atoms with Crippen LogP contribution in [0.2, 0.25) is 0 Å². The minimum atomic E-state index is -0.216. The van der Waals surface area contributed by atoms with Gasteiger partial charge in [0.2, 0.25) is 5.91 Å². The lowest BCUT2D eigenvalue weighted by Crippen LogP contribution is -2.44. The molecule has 0 radical (unpaired) electrons. The van der Waals surface area contributed by atoms with Gasteiger partial charge in [-0.05, 0) is 45.8 Å². The van der Waals surface area contributed by atoms with E-state index in [-0.39, 0.29) is 11.9 Å². The molecule has 3 N–H and O–H groups in total. The van der Waals surface area contributed by atoms with Crippen LogP contribution in [0.1, 0.15) is 32.6 Å². The van der Waals surface area contributed by atoms with Crippen molar-refractivity contribution in [1.29, 1.82) is 0 Å². The molecule has 1 aliphatic carbocycles. The maximum atomic E-state index is 11.2. The fraction of sp³-hybridized carbons (Fsp3) is 0.909. The number of carbonyl (C=O) groups is 1. The van der Waals surface area contributed by atoms with Crippen molar-refractivity contribution in [3.63, 3.8) is 0 Å². The van der Waals surface area contributed by atoms with Crippen molar-refractivity contribution in [3.8, 4) is 0 Å². The Hall–Kier alpha value is -0.610. The third-order valence-corrected chi connectivity index (χ3v) is 2.76. The number of rotatable bonds is 8. The molecule has 1 unspecified atom stereocenters. The molecule has 0 heterocycles. The van der Waals surface area contributed by atoms with E-state index in [4.69, 9.17) is 5.73 Å². The van der Waals surface area contributed by atoms with Gasteiger partial charge in [0.05, 0.1) is 6.04 Å². The van der Waals surface area contributed by atoms with E-state index >= 15 is 0 Å². The van der Waals surface area contributed by atoms with Crippen LogP contribution in [-0.4, -0.2) is 43.0 Å². The molecule has 15 heavy (non-hydrogen) atoms. The van der Waals surface area contributed by atoms with Crippen molar-refractivity contribution in [3.05, 3.63) is 0 Å². The number of hydrogen-bond donors (Lipinski definition) is 2.